The Kier molecular flexibility index (Phi) is 4.27. The Balaban J connectivity index is 2.05. The molecular weight excluding hydrogens is 244 g/mol. The summed E-state index contributed by atoms with van der Waals surface area (Å²) in [5.74, 6) is 1.33. The zero-order chi connectivity index (χ0) is 13.8. The van der Waals surface area contributed by atoms with Gasteiger partial charge in [-0.25, -0.2) is 0 Å². The van der Waals surface area contributed by atoms with E-state index in [0.717, 1.165) is 6.42 Å². The first-order valence-corrected chi connectivity index (χ1v) is 6.58. The quantitative estimate of drug-likeness (QED) is 0.869. The molecule has 0 saturated carbocycles. The van der Waals surface area contributed by atoms with E-state index in [0.29, 0.717) is 30.4 Å². The molecule has 5 nitrogen and oxygen atoms in total. The van der Waals surface area contributed by atoms with Crippen molar-refractivity contribution in [2.75, 3.05) is 18.5 Å². The number of amides is 1. The van der Waals surface area contributed by atoms with Gasteiger partial charge in [0.2, 0.25) is 5.91 Å². The van der Waals surface area contributed by atoms with Crippen LogP contribution in [0, 0.1) is 5.92 Å². The Morgan fingerprint density at radius 2 is 2.05 bits per heavy atom. The molecule has 1 amide bonds. The monoisotopic (exact) mass is 264 g/mol. The summed E-state index contributed by atoms with van der Waals surface area (Å²) < 4.78 is 10.9. The zero-order valence-electron chi connectivity index (χ0n) is 11.3. The van der Waals surface area contributed by atoms with Gasteiger partial charge in [0, 0.05) is 11.8 Å². The van der Waals surface area contributed by atoms with Gasteiger partial charge in [-0.15, -0.1) is 0 Å². The van der Waals surface area contributed by atoms with Crippen molar-refractivity contribution in [1.82, 2.24) is 0 Å². The van der Waals surface area contributed by atoms with Crippen molar-refractivity contribution in [2.45, 2.75) is 26.3 Å². The Labute approximate surface area is 113 Å². The normalized spacial score (nSPS) is 16.6. The van der Waals surface area contributed by atoms with Gasteiger partial charge in [0.1, 0.15) is 13.2 Å². The van der Waals surface area contributed by atoms with Crippen molar-refractivity contribution < 1.29 is 14.3 Å². The molecule has 1 aromatic rings. The van der Waals surface area contributed by atoms with Crippen LogP contribution < -0.4 is 20.5 Å². The third-order valence-corrected chi connectivity index (χ3v) is 3.37. The highest BCUT2D eigenvalue weighted by molar-refractivity contribution is 5.95. The van der Waals surface area contributed by atoms with Crippen LogP contribution >= 0.6 is 0 Å². The number of nitrogens with two attached hydrogens (primary N) is 1. The van der Waals surface area contributed by atoms with E-state index in [2.05, 4.69) is 5.32 Å². The lowest BCUT2D eigenvalue weighted by Crippen LogP contribution is -2.40. The maximum absolute atomic E-state index is 12.0. The molecule has 2 rings (SSSR count). The lowest BCUT2D eigenvalue weighted by Gasteiger charge is -2.20. The van der Waals surface area contributed by atoms with Gasteiger partial charge in [0.05, 0.1) is 6.04 Å². The molecule has 3 N–H and O–H groups in total. The Bertz CT molecular complexity index is 462. The molecule has 19 heavy (non-hydrogen) atoms. The number of nitrogens with one attached hydrogen (secondary N) is 1. The lowest BCUT2D eigenvalue weighted by molar-refractivity contribution is -0.118. The number of rotatable bonds is 4. The number of carbonyl (C=O) groups excluding carboxylic acids is 1. The van der Waals surface area contributed by atoms with E-state index in [1.807, 2.05) is 13.8 Å². The second-order valence-corrected chi connectivity index (χ2v) is 4.76. The standard InChI is InChI=1S/C14H20N2O3/c1-3-9(2)13(15)14(17)16-10-4-5-11-12(8-10)19-7-6-18-11/h4-5,8-9,13H,3,6-7,15H2,1-2H3,(H,16,17)/t9?,13-/m0/s1. The first kappa shape index (κ1) is 13.7. The summed E-state index contributed by atoms with van der Waals surface area (Å²) in [6.07, 6.45) is 0.871. The van der Waals surface area contributed by atoms with Gasteiger partial charge < -0.3 is 20.5 Å². The fourth-order valence-corrected chi connectivity index (χ4v) is 1.86. The molecule has 0 bridgehead atoms. The Morgan fingerprint density at radius 1 is 1.37 bits per heavy atom. The van der Waals surface area contributed by atoms with E-state index >= 15 is 0 Å². The molecule has 0 radical (unpaired) electrons. The van der Waals surface area contributed by atoms with Crippen LogP contribution in [0.3, 0.4) is 0 Å². The number of fused-ring (bicyclic) bond motifs is 1. The number of anilines is 1. The largest absolute Gasteiger partial charge is 0.486 e. The third-order valence-electron chi connectivity index (χ3n) is 3.37. The zero-order valence-corrected chi connectivity index (χ0v) is 11.3. The molecule has 5 heteroatoms. The average Bonchev–Trinajstić information content (AvgIpc) is 2.45. The molecule has 1 unspecified atom stereocenters. The topological polar surface area (TPSA) is 73.6 Å². The van der Waals surface area contributed by atoms with Crippen molar-refractivity contribution in [2.24, 2.45) is 11.7 Å². The average molecular weight is 264 g/mol. The van der Waals surface area contributed by atoms with Crippen molar-refractivity contribution in [1.29, 1.82) is 0 Å². The van der Waals surface area contributed by atoms with Crippen LogP contribution in [-0.4, -0.2) is 25.2 Å². The maximum atomic E-state index is 12.0. The predicted octanol–water partition coefficient (Wildman–Crippen LogP) is 1.77. The van der Waals surface area contributed by atoms with Gasteiger partial charge in [-0.1, -0.05) is 20.3 Å². The molecule has 2 atom stereocenters. The molecular formula is C14H20N2O3. The third kappa shape index (κ3) is 3.17. The summed E-state index contributed by atoms with van der Waals surface area (Å²) in [6, 6.07) is 4.83. The van der Waals surface area contributed by atoms with Gasteiger partial charge in [-0.05, 0) is 18.1 Å². The number of benzene rings is 1. The fraction of sp³-hybridized carbons (Fsp3) is 0.500. The highest BCUT2D eigenvalue weighted by Crippen LogP contribution is 2.32. The first-order chi connectivity index (χ1) is 9.11. The van der Waals surface area contributed by atoms with Gasteiger partial charge >= 0.3 is 0 Å². The minimum absolute atomic E-state index is 0.150. The predicted molar refractivity (Wildman–Crippen MR) is 73.5 cm³/mol. The van der Waals surface area contributed by atoms with E-state index in [1.165, 1.54) is 0 Å². The minimum atomic E-state index is -0.502. The van der Waals surface area contributed by atoms with Crippen LogP contribution in [0.4, 0.5) is 5.69 Å². The molecule has 0 aliphatic carbocycles. The molecule has 1 aliphatic rings. The van der Waals surface area contributed by atoms with Crippen LogP contribution in [0.25, 0.3) is 0 Å². The second-order valence-electron chi connectivity index (χ2n) is 4.76. The minimum Gasteiger partial charge on any atom is -0.486 e. The summed E-state index contributed by atoms with van der Waals surface area (Å²) >= 11 is 0. The van der Waals surface area contributed by atoms with Crippen LogP contribution in [-0.2, 0) is 4.79 Å². The fourth-order valence-electron chi connectivity index (χ4n) is 1.86. The first-order valence-electron chi connectivity index (χ1n) is 6.58. The molecule has 1 aliphatic heterocycles. The number of ether oxygens (including phenoxy) is 2. The molecule has 0 saturated heterocycles. The van der Waals surface area contributed by atoms with Gasteiger partial charge in [0.25, 0.3) is 0 Å². The summed E-state index contributed by atoms with van der Waals surface area (Å²) in [4.78, 5) is 12.0. The summed E-state index contributed by atoms with van der Waals surface area (Å²) in [6.45, 7) is 5.06. The van der Waals surface area contributed by atoms with E-state index < -0.39 is 6.04 Å². The Morgan fingerprint density at radius 3 is 2.74 bits per heavy atom. The molecule has 104 valence electrons. The van der Waals surface area contributed by atoms with Crippen LogP contribution in [0.15, 0.2) is 18.2 Å². The lowest BCUT2D eigenvalue weighted by atomic mass is 9.99. The summed E-state index contributed by atoms with van der Waals surface area (Å²) in [5.41, 5.74) is 6.56. The molecule has 1 aromatic carbocycles. The molecule has 1 heterocycles. The van der Waals surface area contributed by atoms with Crippen LogP contribution in [0.1, 0.15) is 20.3 Å². The van der Waals surface area contributed by atoms with Gasteiger partial charge in [-0.3, -0.25) is 4.79 Å². The second kappa shape index (κ2) is 5.93. The van der Waals surface area contributed by atoms with Gasteiger partial charge in [-0.2, -0.15) is 0 Å². The molecule has 0 spiro atoms. The van der Waals surface area contributed by atoms with Gasteiger partial charge in [0.15, 0.2) is 11.5 Å². The maximum Gasteiger partial charge on any atom is 0.241 e. The van der Waals surface area contributed by atoms with E-state index in [1.54, 1.807) is 18.2 Å². The summed E-state index contributed by atoms with van der Waals surface area (Å²) in [7, 11) is 0. The molecule has 0 aromatic heterocycles. The SMILES string of the molecule is CCC(C)[C@H](N)C(=O)Nc1ccc2c(c1)OCCO2. The number of hydrogen-bond donors (Lipinski definition) is 2. The smallest absolute Gasteiger partial charge is 0.241 e. The van der Waals surface area contributed by atoms with Crippen molar-refractivity contribution >= 4 is 11.6 Å². The van der Waals surface area contributed by atoms with Crippen molar-refractivity contribution in [3.63, 3.8) is 0 Å². The number of hydrogen-bond acceptors (Lipinski definition) is 4. The van der Waals surface area contributed by atoms with Crippen molar-refractivity contribution in [3.05, 3.63) is 18.2 Å². The van der Waals surface area contributed by atoms with E-state index in [-0.39, 0.29) is 11.8 Å². The van der Waals surface area contributed by atoms with E-state index in [9.17, 15) is 4.79 Å². The number of carbonyl (C=O) groups is 1. The van der Waals surface area contributed by atoms with Crippen molar-refractivity contribution in [3.8, 4) is 11.5 Å². The van der Waals surface area contributed by atoms with Crippen LogP contribution in [0.2, 0.25) is 0 Å². The van der Waals surface area contributed by atoms with Crippen LogP contribution in [0.5, 0.6) is 11.5 Å². The highest BCUT2D eigenvalue weighted by Gasteiger charge is 2.20. The summed E-state index contributed by atoms with van der Waals surface area (Å²) in [5, 5.41) is 2.81. The molecule has 0 fully saturated rings. The highest BCUT2D eigenvalue weighted by atomic mass is 16.6. The van der Waals surface area contributed by atoms with E-state index in [4.69, 9.17) is 15.2 Å². The Hall–Kier alpha value is -1.75.